The van der Waals surface area contributed by atoms with E-state index in [2.05, 4.69) is 11.8 Å². The molecule has 0 fully saturated rings. The number of aliphatic hydroxyl groups is 1. The van der Waals surface area contributed by atoms with Crippen molar-refractivity contribution in [2.75, 3.05) is 26.3 Å². The molecule has 7 heteroatoms. The molecule has 2 aromatic rings. The van der Waals surface area contributed by atoms with Crippen molar-refractivity contribution < 1.29 is 23.1 Å². The number of aryl methyl sites for hydroxylation is 1. The van der Waals surface area contributed by atoms with Crippen LogP contribution < -0.4 is 0 Å². The fourth-order valence-corrected chi connectivity index (χ4v) is 3.80. The van der Waals surface area contributed by atoms with Gasteiger partial charge < -0.3 is 9.84 Å². The molecule has 158 valence electrons. The van der Waals surface area contributed by atoms with E-state index in [1.807, 2.05) is 6.92 Å². The predicted octanol–water partition coefficient (Wildman–Crippen LogP) is 2.76. The van der Waals surface area contributed by atoms with Crippen molar-refractivity contribution in [2.45, 2.75) is 18.7 Å². The quantitative estimate of drug-likeness (QED) is 0.398. The average molecular weight is 428 g/mol. The van der Waals surface area contributed by atoms with E-state index < -0.39 is 16.0 Å². The number of carbonyl (C=O) groups is 1. The van der Waals surface area contributed by atoms with Gasteiger partial charge in [-0.3, -0.25) is 0 Å². The van der Waals surface area contributed by atoms with Crippen LogP contribution in [0.5, 0.6) is 0 Å². The van der Waals surface area contributed by atoms with E-state index in [4.69, 9.17) is 9.84 Å². The standard InChI is InChI=1S/C23H25NO5S/c1-3-29-23(26)21-12-10-20(11-13-21)7-6-17-24(16-4-5-18-25)30(27,28)22-14-8-19(2)9-15-22/h4-5,8-15,25H,3,16-18H2,1-2H3/b5-4-. The van der Waals surface area contributed by atoms with Gasteiger partial charge in [0.15, 0.2) is 0 Å². The van der Waals surface area contributed by atoms with Crippen LogP contribution in [0.3, 0.4) is 0 Å². The number of benzene rings is 2. The van der Waals surface area contributed by atoms with Gasteiger partial charge in [0.25, 0.3) is 0 Å². The maximum atomic E-state index is 13.0. The van der Waals surface area contributed by atoms with Crippen molar-refractivity contribution >= 4 is 16.0 Å². The molecule has 0 aliphatic rings. The first-order chi connectivity index (χ1) is 14.4. The molecule has 0 amide bonds. The Bertz CT molecular complexity index is 1030. The van der Waals surface area contributed by atoms with Crippen molar-refractivity contribution in [3.05, 3.63) is 77.4 Å². The van der Waals surface area contributed by atoms with Crippen LogP contribution in [0.25, 0.3) is 0 Å². The zero-order valence-electron chi connectivity index (χ0n) is 17.0. The van der Waals surface area contributed by atoms with Gasteiger partial charge in [-0.25, -0.2) is 13.2 Å². The number of hydrogen-bond acceptors (Lipinski definition) is 5. The van der Waals surface area contributed by atoms with E-state index in [-0.39, 0.29) is 24.6 Å². The van der Waals surface area contributed by atoms with E-state index in [9.17, 15) is 13.2 Å². The number of aliphatic hydroxyl groups excluding tert-OH is 1. The Hall–Kier alpha value is -2.92. The minimum Gasteiger partial charge on any atom is -0.462 e. The van der Waals surface area contributed by atoms with Gasteiger partial charge in [-0.1, -0.05) is 41.7 Å². The van der Waals surface area contributed by atoms with Gasteiger partial charge in [0.2, 0.25) is 10.0 Å². The molecule has 30 heavy (non-hydrogen) atoms. The second-order valence-corrected chi connectivity index (χ2v) is 8.30. The molecule has 0 heterocycles. The number of nitrogens with zero attached hydrogens (tertiary/aromatic N) is 1. The topological polar surface area (TPSA) is 83.9 Å². The molecule has 0 saturated heterocycles. The number of esters is 1. The summed E-state index contributed by atoms with van der Waals surface area (Å²) in [7, 11) is -3.74. The van der Waals surface area contributed by atoms with Gasteiger partial charge in [0.1, 0.15) is 0 Å². The maximum Gasteiger partial charge on any atom is 0.338 e. The smallest absolute Gasteiger partial charge is 0.338 e. The molecule has 0 spiro atoms. The number of ether oxygens (including phenoxy) is 1. The van der Waals surface area contributed by atoms with E-state index >= 15 is 0 Å². The van der Waals surface area contributed by atoms with E-state index in [0.717, 1.165) is 5.56 Å². The van der Waals surface area contributed by atoms with Gasteiger partial charge in [-0.15, -0.1) is 0 Å². The summed E-state index contributed by atoms with van der Waals surface area (Å²) in [5, 5.41) is 8.93. The molecule has 0 radical (unpaired) electrons. The van der Waals surface area contributed by atoms with Crippen LogP contribution in [-0.4, -0.2) is 50.1 Å². The summed E-state index contributed by atoms with van der Waals surface area (Å²) < 4.78 is 32.1. The van der Waals surface area contributed by atoms with E-state index in [0.29, 0.717) is 17.7 Å². The fraction of sp³-hybridized carbons (Fsp3) is 0.261. The van der Waals surface area contributed by atoms with E-state index in [1.54, 1.807) is 61.5 Å². The minimum atomic E-state index is -3.74. The summed E-state index contributed by atoms with van der Waals surface area (Å²) in [4.78, 5) is 11.9. The Balaban J connectivity index is 2.19. The number of rotatable bonds is 8. The molecule has 2 rings (SSSR count). The van der Waals surface area contributed by atoms with Crippen LogP contribution in [0.2, 0.25) is 0 Å². The van der Waals surface area contributed by atoms with Crippen LogP contribution in [0.15, 0.2) is 65.6 Å². The Morgan fingerprint density at radius 1 is 1.10 bits per heavy atom. The Labute approximate surface area is 177 Å². The summed E-state index contributed by atoms with van der Waals surface area (Å²) in [6.45, 7) is 3.83. The Morgan fingerprint density at radius 3 is 2.37 bits per heavy atom. The Morgan fingerprint density at radius 2 is 1.77 bits per heavy atom. The highest BCUT2D eigenvalue weighted by Crippen LogP contribution is 2.16. The molecule has 0 saturated carbocycles. The third kappa shape index (κ3) is 6.56. The summed E-state index contributed by atoms with van der Waals surface area (Å²) in [5.74, 6) is 5.39. The molecule has 0 aromatic heterocycles. The van der Waals surface area contributed by atoms with Crippen LogP contribution in [0.4, 0.5) is 0 Å². The highest BCUT2D eigenvalue weighted by atomic mass is 32.2. The molecule has 0 atom stereocenters. The largest absolute Gasteiger partial charge is 0.462 e. The third-order valence-electron chi connectivity index (χ3n) is 4.12. The van der Waals surface area contributed by atoms with Gasteiger partial charge in [-0.05, 0) is 50.2 Å². The van der Waals surface area contributed by atoms with Crippen molar-refractivity contribution in [1.29, 1.82) is 0 Å². The number of sulfonamides is 1. The van der Waals surface area contributed by atoms with Crippen molar-refractivity contribution in [1.82, 2.24) is 4.31 Å². The molecule has 0 aliphatic heterocycles. The summed E-state index contributed by atoms with van der Waals surface area (Å²) in [6.07, 6.45) is 3.07. The van der Waals surface area contributed by atoms with Gasteiger partial charge in [-0.2, -0.15) is 4.31 Å². The lowest BCUT2D eigenvalue weighted by atomic mass is 10.1. The average Bonchev–Trinajstić information content (AvgIpc) is 2.73. The Kier molecular flexibility index (Phi) is 8.81. The first kappa shape index (κ1) is 23.4. The maximum absolute atomic E-state index is 13.0. The van der Waals surface area contributed by atoms with Gasteiger partial charge in [0.05, 0.1) is 30.2 Å². The fourth-order valence-electron chi connectivity index (χ4n) is 2.51. The number of hydrogen-bond donors (Lipinski definition) is 1. The van der Waals surface area contributed by atoms with Gasteiger partial charge >= 0.3 is 5.97 Å². The molecular weight excluding hydrogens is 402 g/mol. The van der Waals surface area contributed by atoms with Crippen LogP contribution in [-0.2, 0) is 14.8 Å². The molecule has 0 unspecified atom stereocenters. The lowest BCUT2D eigenvalue weighted by Crippen LogP contribution is -2.31. The van der Waals surface area contributed by atoms with Crippen molar-refractivity contribution in [3.8, 4) is 11.8 Å². The zero-order valence-corrected chi connectivity index (χ0v) is 17.9. The first-order valence-electron chi connectivity index (χ1n) is 9.47. The lowest BCUT2D eigenvalue weighted by Gasteiger charge is -2.18. The van der Waals surface area contributed by atoms with Crippen LogP contribution >= 0.6 is 0 Å². The summed E-state index contributed by atoms with van der Waals surface area (Å²) in [5.41, 5.74) is 2.05. The molecular formula is C23H25NO5S. The monoisotopic (exact) mass is 427 g/mol. The second-order valence-electron chi connectivity index (χ2n) is 6.36. The predicted molar refractivity (Wildman–Crippen MR) is 115 cm³/mol. The van der Waals surface area contributed by atoms with Gasteiger partial charge in [0, 0.05) is 12.1 Å². The highest BCUT2D eigenvalue weighted by Gasteiger charge is 2.22. The SMILES string of the molecule is CCOC(=O)c1ccc(C#CCN(C/C=C\CO)S(=O)(=O)c2ccc(C)cc2)cc1. The zero-order chi connectivity index (χ0) is 22.0. The molecule has 6 nitrogen and oxygen atoms in total. The van der Waals surface area contributed by atoms with Crippen molar-refractivity contribution in [3.63, 3.8) is 0 Å². The minimum absolute atomic E-state index is 0.0222. The first-order valence-corrected chi connectivity index (χ1v) is 10.9. The highest BCUT2D eigenvalue weighted by molar-refractivity contribution is 7.89. The van der Waals surface area contributed by atoms with Crippen LogP contribution in [0.1, 0.15) is 28.4 Å². The third-order valence-corrected chi connectivity index (χ3v) is 5.95. The van der Waals surface area contributed by atoms with E-state index in [1.165, 1.54) is 10.4 Å². The number of carbonyl (C=O) groups excluding carboxylic acids is 1. The molecule has 1 N–H and O–H groups in total. The van der Waals surface area contributed by atoms with Crippen molar-refractivity contribution in [2.24, 2.45) is 0 Å². The summed E-state index contributed by atoms with van der Waals surface area (Å²) in [6, 6.07) is 13.2. The normalized spacial score (nSPS) is 11.3. The molecule has 2 aromatic carbocycles. The summed E-state index contributed by atoms with van der Waals surface area (Å²) >= 11 is 0. The van der Waals surface area contributed by atoms with Crippen LogP contribution in [0, 0.1) is 18.8 Å². The second kappa shape index (κ2) is 11.3. The molecule has 0 bridgehead atoms. The lowest BCUT2D eigenvalue weighted by molar-refractivity contribution is 0.0526. The molecule has 0 aliphatic carbocycles.